The number of aliphatic hydroxyl groups excluding tert-OH is 1. The van der Waals surface area contributed by atoms with Gasteiger partial charge in [-0.05, 0) is 68.7 Å². The third kappa shape index (κ3) is 4.80. The molecule has 4 atom stereocenters. The van der Waals surface area contributed by atoms with Gasteiger partial charge in [0.05, 0.1) is 13.2 Å². The molecule has 0 unspecified atom stereocenters. The molecule has 0 aromatic heterocycles. The van der Waals surface area contributed by atoms with E-state index in [0.717, 1.165) is 24.1 Å². The fraction of sp³-hybridized carbons (Fsp3) is 0.424. The van der Waals surface area contributed by atoms with Gasteiger partial charge in [-0.3, -0.25) is 4.79 Å². The van der Waals surface area contributed by atoms with Crippen LogP contribution in [0.15, 0.2) is 78.9 Å². The van der Waals surface area contributed by atoms with Crippen molar-refractivity contribution in [2.45, 2.75) is 36.4 Å². The van der Waals surface area contributed by atoms with Gasteiger partial charge in [0.15, 0.2) is 0 Å². The average Bonchev–Trinajstić information content (AvgIpc) is 3.43. The summed E-state index contributed by atoms with van der Waals surface area (Å²) >= 11 is 0. The van der Waals surface area contributed by atoms with E-state index in [2.05, 4.69) is 29.2 Å². The molecule has 2 fully saturated rings. The van der Waals surface area contributed by atoms with E-state index in [-0.39, 0.29) is 30.4 Å². The van der Waals surface area contributed by atoms with Crippen molar-refractivity contribution in [2.24, 2.45) is 11.8 Å². The highest BCUT2D eigenvalue weighted by molar-refractivity contribution is 5.76. The molecular weight excluding hydrogens is 507 g/mol. The number of fused-ring (bicyclic) bond motifs is 1. The van der Waals surface area contributed by atoms with Crippen LogP contribution in [0.1, 0.15) is 36.0 Å². The number of halogens is 1. The van der Waals surface area contributed by atoms with Gasteiger partial charge in [0.1, 0.15) is 17.2 Å². The predicted molar refractivity (Wildman–Crippen MR) is 152 cm³/mol. The summed E-state index contributed by atoms with van der Waals surface area (Å²) in [5.74, 6) is -1.02. The topological polar surface area (TPSA) is 73.2 Å². The number of aliphatic hydroxyl groups is 2. The summed E-state index contributed by atoms with van der Waals surface area (Å²) in [5.41, 5.74) is -0.257. The van der Waals surface area contributed by atoms with E-state index < -0.39 is 28.9 Å². The molecule has 0 radical (unpaired) electrons. The number of hydrogen-bond acceptors (Lipinski definition) is 5. The molecule has 3 aromatic rings. The van der Waals surface area contributed by atoms with Gasteiger partial charge in [-0.15, -0.1) is 0 Å². The van der Waals surface area contributed by atoms with Gasteiger partial charge in [-0.1, -0.05) is 60.7 Å². The minimum absolute atomic E-state index is 0.0225. The van der Waals surface area contributed by atoms with Crippen molar-refractivity contribution in [3.8, 4) is 5.75 Å². The maximum Gasteiger partial charge on any atom is 0.222 e. The number of nitrogens with zero attached hydrogens (tertiary/aromatic N) is 2. The van der Waals surface area contributed by atoms with Crippen LogP contribution >= 0.6 is 0 Å². The summed E-state index contributed by atoms with van der Waals surface area (Å²) in [5, 5.41) is 24.5. The second-order valence-electron chi connectivity index (χ2n) is 11.5. The van der Waals surface area contributed by atoms with Gasteiger partial charge >= 0.3 is 0 Å². The van der Waals surface area contributed by atoms with Crippen molar-refractivity contribution in [1.82, 2.24) is 9.80 Å². The van der Waals surface area contributed by atoms with Crippen LogP contribution in [0.5, 0.6) is 5.75 Å². The molecule has 40 heavy (non-hydrogen) atoms. The Morgan fingerprint density at radius 2 is 1.60 bits per heavy atom. The number of rotatable bonds is 8. The fourth-order valence-corrected chi connectivity index (χ4v) is 7.19. The molecule has 1 aliphatic carbocycles. The normalized spacial score (nSPS) is 25.6. The highest BCUT2D eigenvalue weighted by atomic mass is 19.1. The van der Waals surface area contributed by atoms with Crippen molar-refractivity contribution in [3.05, 3.63) is 101 Å². The molecule has 212 valence electrons. The van der Waals surface area contributed by atoms with E-state index in [4.69, 9.17) is 4.74 Å². The van der Waals surface area contributed by atoms with Crippen LogP contribution in [-0.4, -0.2) is 72.9 Å². The molecule has 2 aliphatic rings. The fourth-order valence-electron chi connectivity index (χ4n) is 7.19. The van der Waals surface area contributed by atoms with Crippen LogP contribution in [-0.2, 0) is 15.8 Å². The van der Waals surface area contributed by atoms with Crippen LogP contribution in [0.3, 0.4) is 0 Å². The van der Waals surface area contributed by atoms with E-state index in [9.17, 15) is 19.4 Å². The molecule has 1 heterocycles. The second-order valence-corrected chi connectivity index (χ2v) is 11.5. The zero-order chi connectivity index (χ0) is 28.5. The monoisotopic (exact) mass is 546 g/mol. The number of carbonyl (C=O) groups is 1. The summed E-state index contributed by atoms with van der Waals surface area (Å²) in [6, 6.07) is 24.1. The zero-order valence-electron chi connectivity index (χ0n) is 23.5. The summed E-state index contributed by atoms with van der Waals surface area (Å²) in [4.78, 5) is 17.4. The average molecular weight is 547 g/mol. The molecule has 0 spiro atoms. The quantitative estimate of drug-likeness (QED) is 0.443. The Balaban J connectivity index is 1.67. The van der Waals surface area contributed by atoms with Gasteiger partial charge in [-0.25, -0.2) is 4.39 Å². The third-order valence-corrected chi connectivity index (χ3v) is 9.06. The summed E-state index contributed by atoms with van der Waals surface area (Å²) in [6.45, 7) is 1.47. The first kappa shape index (κ1) is 28.3. The van der Waals surface area contributed by atoms with Crippen molar-refractivity contribution < 1.29 is 24.1 Å². The highest BCUT2D eigenvalue weighted by Crippen LogP contribution is 2.60. The highest BCUT2D eigenvalue weighted by Gasteiger charge is 2.65. The van der Waals surface area contributed by atoms with Crippen LogP contribution < -0.4 is 4.74 Å². The first-order valence-corrected chi connectivity index (χ1v) is 14.0. The van der Waals surface area contributed by atoms with Crippen molar-refractivity contribution >= 4 is 5.91 Å². The molecule has 1 aliphatic heterocycles. The van der Waals surface area contributed by atoms with Crippen LogP contribution in [0, 0.1) is 17.7 Å². The number of benzene rings is 3. The van der Waals surface area contributed by atoms with Gasteiger partial charge in [-0.2, -0.15) is 0 Å². The Bertz CT molecular complexity index is 1280. The van der Waals surface area contributed by atoms with Gasteiger partial charge in [0.2, 0.25) is 5.91 Å². The largest absolute Gasteiger partial charge is 0.496 e. The summed E-state index contributed by atoms with van der Waals surface area (Å²) in [7, 11) is 5.44. The van der Waals surface area contributed by atoms with Gasteiger partial charge < -0.3 is 24.7 Å². The van der Waals surface area contributed by atoms with Crippen molar-refractivity contribution in [1.29, 1.82) is 0 Å². The standard InChI is InChI=1S/C33H39FN2O4/c1-35(2)18-10-15-31(38)36-21-27-28(22-36)33(39,26-19-25(34)16-17-29(26)40-3)30(37)20-32(27,23-11-6-4-7-12-23)24-13-8-5-9-14-24/h4-9,11-14,16-17,19,27-28,30,37,39H,10,15,18,20-22H2,1-3H3/t27-,28+,30-,33+/m1/s1. The molecular formula is C33H39FN2O4. The molecule has 5 rings (SSSR count). The maximum atomic E-state index is 14.7. The van der Waals surface area contributed by atoms with Gasteiger partial charge in [0.25, 0.3) is 0 Å². The lowest BCUT2D eigenvalue weighted by atomic mass is 9.51. The Labute approximate surface area is 236 Å². The van der Waals surface area contributed by atoms with Crippen LogP contribution in [0.2, 0.25) is 0 Å². The van der Waals surface area contributed by atoms with E-state index >= 15 is 0 Å². The first-order chi connectivity index (χ1) is 19.2. The SMILES string of the molecule is COc1ccc(F)cc1[C@@]1(O)[C@H](O)CC(c2ccccc2)(c2ccccc2)[C@@H]2CN(C(=O)CCCN(C)C)C[C@@H]21. The molecule has 0 bridgehead atoms. The number of carbonyl (C=O) groups excluding carboxylic acids is 1. The maximum absolute atomic E-state index is 14.7. The van der Waals surface area contributed by atoms with E-state index in [1.165, 1.54) is 25.3 Å². The third-order valence-electron chi connectivity index (χ3n) is 9.06. The Hall–Kier alpha value is -3.26. The number of amides is 1. The number of hydrogen-bond donors (Lipinski definition) is 2. The minimum atomic E-state index is -1.83. The molecule has 1 amide bonds. The summed E-state index contributed by atoms with van der Waals surface area (Å²) < 4.78 is 20.2. The first-order valence-electron chi connectivity index (χ1n) is 14.0. The molecule has 7 heteroatoms. The van der Waals surface area contributed by atoms with Crippen LogP contribution in [0.25, 0.3) is 0 Å². The lowest BCUT2D eigenvalue weighted by Gasteiger charge is -2.55. The summed E-state index contributed by atoms with van der Waals surface area (Å²) in [6.07, 6.45) is 0.0610. The van der Waals surface area contributed by atoms with Crippen LogP contribution in [0.4, 0.5) is 4.39 Å². The number of likely N-dealkylation sites (tertiary alicyclic amines) is 1. The molecule has 1 saturated carbocycles. The Morgan fingerprint density at radius 1 is 1.00 bits per heavy atom. The van der Waals surface area contributed by atoms with Crippen molar-refractivity contribution in [2.75, 3.05) is 40.8 Å². The lowest BCUT2D eigenvalue weighted by Crippen LogP contribution is -2.60. The molecule has 3 aromatic carbocycles. The van der Waals surface area contributed by atoms with E-state index in [1.54, 1.807) is 0 Å². The van der Waals surface area contributed by atoms with Gasteiger partial charge in [0, 0.05) is 36.4 Å². The smallest absolute Gasteiger partial charge is 0.222 e. The molecule has 2 N–H and O–H groups in total. The number of methoxy groups -OCH3 is 1. The predicted octanol–water partition coefficient (Wildman–Crippen LogP) is 4.19. The second kappa shape index (κ2) is 11.3. The lowest BCUT2D eigenvalue weighted by molar-refractivity contribution is -0.168. The van der Waals surface area contributed by atoms with E-state index in [1.807, 2.05) is 55.4 Å². The van der Waals surface area contributed by atoms with Crippen molar-refractivity contribution in [3.63, 3.8) is 0 Å². The zero-order valence-corrected chi connectivity index (χ0v) is 23.5. The molecule has 6 nitrogen and oxygen atoms in total. The Kier molecular flexibility index (Phi) is 8.00. The Morgan fingerprint density at radius 3 is 2.17 bits per heavy atom. The van der Waals surface area contributed by atoms with E-state index in [0.29, 0.717) is 18.7 Å². The minimum Gasteiger partial charge on any atom is -0.496 e. The number of ether oxygens (including phenoxy) is 1. The molecule has 1 saturated heterocycles.